The van der Waals surface area contributed by atoms with Gasteiger partial charge in [-0.15, -0.1) is 0 Å². The first kappa shape index (κ1) is 14.3. The van der Waals surface area contributed by atoms with Gasteiger partial charge >= 0.3 is 0 Å². The number of nitrogens with one attached hydrogen (secondary N) is 1. The molecule has 0 fully saturated rings. The SMILES string of the molecule is Cc1cc(C(=O)Nc2ccc3c(c2)OCCCO3)ccc1N. The molecule has 5 heteroatoms. The number of carbonyl (C=O) groups excluding carboxylic acids is 1. The fraction of sp³-hybridized carbons (Fsp3) is 0.235. The third-order valence-corrected chi connectivity index (χ3v) is 3.54. The molecule has 2 aromatic carbocycles. The fourth-order valence-electron chi connectivity index (χ4n) is 2.26. The molecule has 1 heterocycles. The van der Waals surface area contributed by atoms with Crippen LogP contribution >= 0.6 is 0 Å². The number of amides is 1. The molecule has 114 valence electrons. The van der Waals surface area contributed by atoms with Crippen molar-refractivity contribution in [3.8, 4) is 11.5 Å². The Balaban J connectivity index is 1.79. The summed E-state index contributed by atoms with van der Waals surface area (Å²) in [6.07, 6.45) is 0.848. The third kappa shape index (κ3) is 2.98. The summed E-state index contributed by atoms with van der Waals surface area (Å²) in [6, 6.07) is 10.6. The average Bonchev–Trinajstić information content (AvgIpc) is 2.74. The van der Waals surface area contributed by atoms with Gasteiger partial charge in [-0.3, -0.25) is 4.79 Å². The maximum absolute atomic E-state index is 12.3. The molecule has 0 aromatic heterocycles. The van der Waals surface area contributed by atoms with E-state index in [1.807, 2.05) is 13.0 Å². The number of anilines is 2. The fourth-order valence-corrected chi connectivity index (χ4v) is 2.26. The maximum Gasteiger partial charge on any atom is 0.255 e. The quantitative estimate of drug-likeness (QED) is 0.836. The van der Waals surface area contributed by atoms with Crippen molar-refractivity contribution in [1.82, 2.24) is 0 Å². The van der Waals surface area contributed by atoms with Crippen molar-refractivity contribution in [2.45, 2.75) is 13.3 Å². The summed E-state index contributed by atoms with van der Waals surface area (Å²) >= 11 is 0. The minimum absolute atomic E-state index is 0.183. The van der Waals surface area contributed by atoms with Gasteiger partial charge in [0, 0.05) is 29.4 Å². The molecule has 2 aromatic rings. The second-order valence-electron chi connectivity index (χ2n) is 5.24. The monoisotopic (exact) mass is 298 g/mol. The Hall–Kier alpha value is -2.69. The number of nitrogens with two attached hydrogens (primary N) is 1. The Morgan fingerprint density at radius 3 is 2.64 bits per heavy atom. The van der Waals surface area contributed by atoms with Crippen molar-refractivity contribution in [1.29, 1.82) is 0 Å². The van der Waals surface area contributed by atoms with Crippen molar-refractivity contribution in [2.75, 3.05) is 24.3 Å². The van der Waals surface area contributed by atoms with E-state index in [-0.39, 0.29) is 5.91 Å². The number of fused-ring (bicyclic) bond motifs is 1. The smallest absolute Gasteiger partial charge is 0.255 e. The van der Waals surface area contributed by atoms with E-state index >= 15 is 0 Å². The number of hydrogen-bond donors (Lipinski definition) is 2. The second-order valence-corrected chi connectivity index (χ2v) is 5.24. The molecule has 22 heavy (non-hydrogen) atoms. The number of nitrogen functional groups attached to an aromatic ring is 1. The lowest BCUT2D eigenvalue weighted by Gasteiger charge is -2.11. The molecular weight excluding hydrogens is 280 g/mol. The molecule has 0 atom stereocenters. The van der Waals surface area contributed by atoms with E-state index in [4.69, 9.17) is 15.2 Å². The van der Waals surface area contributed by atoms with Gasteiger partial charge in [0.05, 0.1) is 13.2 Å². The Morgan fingerprint density at radius 2 is 1.86 bits per heavy atom. The van der Waals surface area contributed by atoms with Crippen LogP contribution in [0.5, 0.6) is 11.5 Å². The largest absolute Gasteiger partial charge is 0.490 e. The summed E-state index contributed by atoms with van der Waals surface area (Å²) < 4.78 is 11.2. The van der Waals surface area contributed by atoms with Crippen LogP contribution in [0.1, 0.15) is 22.3 Å². The normalized spacial score (nSPS) is 13.3. The predicted octanol–water partition coefficient (Wildman–Crippen LogP) is 2.99. The van der Waals surface area contributed by atoms with E-state index in [2.05, 4.69) is 5.32 Å². The molecular formula is C17H18N2O3. The minimum Gasteiger partial charge on any atom is -0.490 e. The predicted molar refractivity (Wildman–Crippen MR) is 85.6 cm³/mol. The van der Waals surface area contributed by atoms with Gasteiger partial charge in [-0.1, -0.05) is 0 Å². The van der Waals surface area contributed by atoms with Gasteiger partial charge in [-0.05, 0) is 42.8 Å². The Morgan fingerprint density at radius 1 is 1.09 bits per heavy atom. The van der Waals surface area contributed by atoms with E-state index in [0.29, 0.717) is 41.7 Å². The van der Waals surface area contributed by atoms with Crippen molar-refractivity contribution < 1.29 is 14.3 Å². The van der Waals surface area contributed by atoms with E-state index in [0.717, 1.165) is 12.0 Å². The molecule has 3 N–H and O–H groups in total. The first-order valence-electron chi connectivity index (χ1n) is 7.20. The molecule has 5 nitrogen and oxygen atoms in total. The summed E-state index contributed by atoms with van der Waals surface area (Å²) in [4.78, 5) is 12.3. The molecule has 0 bridgehead atoms. The van der Waals surface area contributed by atoms with Gasteiger partial charge in [0.1, 0.15) is 0 Å². The highest BCUT2D eigenvalue weighted by Gasteiger charge is 2.13. The number of hydrogen-bond acceptors (Lipinski definition) is 4. The Bertz CT molecular complexity index is 713. The lowest BCUT2D eigenvalue weighted by Crippen LogP contribution is -2.12. The van der Waals surface area contributed by atoms with Crippen molar-refractivity contribution in [3.63, 3.8) is 0 Å². The van der Waals surface area contributed by atoms with Crippen LogP contribution in [0.3, 0.4) is 0 Å². The highest BCUT2D eigenvalue weighted by molar-refractivity contribution is 6.04. The highest BCUT2D eigenvalue weighted by atomic mass is 16.5. The standard InChI is InChI=1S/C17H18N2O3/c1-11-9-12(3-5-14(11)18)17(20)19-13-4-6-15-16(10-13)22-8-2-7-21-15/h3-6,9-10H,2,7-8,18H2,1H3,(H,19,20). The van der Waals surface area contributed by atoms with Crippen molar-refractivity contribution >= 4 is 17.3 Å². The molecule has 0 aliphatic carbocycles. The zero-order chi connectivity index (χ0) is 15.5. The van der Waals surface area contributed by atoms with Crippen LogP contribution < -0.4 is 20.5 Å². The number of carbonyl (C=O) groups is 1. The highest BCUT2D eigenvalue weighted by Crippen LogP contribution is 2.32. The topological polar surface area (TPSA) is 73.6 Å². The zero-order valence-electron chi connectivity index (χ0n) is 12.4. The van der Waals surface area contributed by atoms with Gasteiger partial charge in [0.2, 0.25) is 0 Å². The first-order chi connectivity index (χ1) is 10.6. The van der Waals surface area contributed by atoms with E-state index in [1.54, 1.807) is 30.3 Å². The summed E-state index contributed by atoms with van der Waals surface area (Å²) in [5, 5.41) is 2.86. The van der Waals surface area contributed by atoms with E-state index in [9.17, 15) is 4.79 Å². The van der Waals surface area contributed by atoms with Gasteiger partial charge in [-0.2, -0.15) is 0 Å². The summed E-state index contributed by atoms with van der Waals surface area (Å²) in [5.74, 6) is 1.18. The zero-order valence-corrected chi connectivity index (χ0v) is 12.4. The maximum atomic E-state index is 12.3. The summed E-state index contributed by atoms with van der Waals surface area (Å²) in [6.45, 7) is 3.13. The van der Waals surface area contributed by atoms with Crippen LogP contribution in [0.25, 0.3) is 0 Å². The number of aryl methyl sites for hydroxylation is 1. The Kier molecular flexibility index (Phi) is 3.87. The molecule has 0 radical (unpaired) electrons. The van der Waals surface area contributed by atoms with Gasteiger partial charge in [0.15, 0.2) is 11.5 Å². The first-order valence-corrected chi connectivity index (χ1v) is 7.20. The van der Waals surface area contributed by atoms with Crippen molar-refractivity contribution in [2.24, 2.45) is 0 Å². The average molecular weight is 298 g/mol. The van der Waals surface area contributed by atoms with Crippen LogP contribution in [0, 0.1) is 6.92 Å². The summed E-state index contributed by atoms with van der Waals surface area (Å²) in [5.41, 5.74) is 8.56. The molecule has 1 aliphatic rings. The molecule has 0 saturated carbocycles. The van der Waals surface area contributed by atoms with E-state index in [1.165, 1.54) is 0 Å². The number of ether oxygens (including phenoxy) is 2. The van der Waals surface area contributed by atoms with E-state index < -0.39 is 0 Å². The van der Waals surface area contributed by atoms with Crippen molar-refractivity contribution in [3.05, 3.63) is 47.5 Å². The molecule has 0 saturated heterocycles. The van der Waals surface area contributed by atoms with Crippen LogP contribution in [0.2, 0.25) is 0 Å². The van der Waals surface area contributed by atoms with Crippen LogP contribution in [-0.4, -0.2) is 19.1 Å². The third-order valence-electron chi connectivity index (χ3n) is 3.54. The Labute approximate surface area is 129 Å². The second kappa shape index (κ2) is 5.97. The molecule has 0 unspecified atom stereocenters. The molecule has 1 amide bonds. The number of rotatable bonds is 2. The van der Waals surface area contributed by atoms with Crippen LogP contribution in [0.4, 0.5) is 11.4 Å². The van der Waals surface area contributed by atoms with Gasteiger partial charge in [0.25, 0.3) is 5.91 Å². The number of benzene rings is 2. The lowest BCUT2D eigenvalue weighted by atomic mass is 10.1. The lowest BCUT2D eigenvalue weighted by molar-refractivity contribution is 0.102. The van der Waals surface area contributed by atoms with Crippen LogP contribution in [-0.2, 0) is 0 Å². The minimum atomic E-state index is -0.183. The molecule has 1 aliphatic heterocycles. The van der Waals surface area contributed by atoms with Crippen LogP contribution in [0.15, 0.2) is 36.4 Å². The molecule has 3 rings (SSSR count). The summed E-state index contributed by atoms with van der Waals surface area (Å²) in [7, 11) is 0. The van der Waals surface area contributed by atoms with Gasteiger partial charge in [-0.25, -0.2) is 0 Å². The van der Waals surface area contributed by atoms with Gasteiger partial charge < -0.3 is 20.5 Å². The molecule has 0 spiro atoms.